The monoisotopic (exact) mass is 484 g/mol. The number of rotatable bonds is 18. The van der Waals surface area contributed by atoms with Crippen LogP contribution in [0, 0.1) is 23.7 Å². The van der Waals surface area contributed by atoms with E-state index in [1.807, 2.05) is 65.2 Å². The number of aliphatic hydroxyl groups is 4. The largest absolute Gasteiger partial charge is 0.395 e. The Morgan fingerprint density at radius 1 is 0.594 bits per heavy atom. The first-order valence-corrected chi connectivity index (χ1v) is 13.0. The van der Waals surface area contributed by atoms with Gasteiger partial charge in [0.25, 0.3) is 0 Å². The molecule has 0 aromatic rings. The second kappa shape index (κ2) is 15.0. The van der Waals surface area contributed by atoms with Gasteiger partial charge in [0.1, 0.15) is 11.4 Å². The van der Waals surface area contributed by atoms with Crippen molar-refractivity contribution in [3.8, 4) is 0 Å². The van der Waals surface area contributed by atoms with Crippen molar-refractivity contribution in [2.45, 2.75) is 66.8 Å². The molecule has 0 fully saturated rings. The van der Waals surface area contributed by atoms with Crippen molar-refractivity contribution in [3.63, 3.8) is 0 Å². The van der Waals surface area contributed by atoms with Crippen LogP contribution in [0.3, 0.4) is 0 Å². The summed E-state index contributed by atoms with van der Waals surface area (Å²) >= 11 is 0. The molecule has 0 aliphatic heterocycles. The second-order valence-electron chi connectivity index (χ2n) is 9.45. The molecule has 0 saturated heterocycles. The summed E-state index contributed by atoms with van der Waals surface area (Å²) in [4.78, 5) is 3.67. The van der Waals surface area contributed by atoms with Gasteiger partial charge in [-0.2, -0.15) is 0 Å². The van der Waals surface area contributed by atoms with Gasteiger partial charge in [0.2, 0.25) is 0 Å². The summed E-state index contributed by atoms with van der Waals surface area (Å²) in [6.07, 6.45) is 0. The fourth-order valence-electron chi connectivity index (χ4n) is 5.09. The summed E-state index contributed by atoms with van der Waals surface area (Å²) in [6.45, 7) is 16.2. The third kappa shape index (κ3) is 7.45. The van der Waals surface area contributed by atoms with E-state index in [1.54, 1.807) is 0 Å². The first-order valence-electron chi connectivity index (χ1n) is 11.8. The quantitative estimate of drug-likeness (QED) is 0.171. The fourth-order valence-corrected chi connectivity index (χ4v) is 6.86. The highest BCUT2D eigenvalue weighted by Crippen LogP contribution is 2.48. The first-order chi connectivity index (χ1) is 14.9. The van der Waals surface area contributed by atoms with Gasteiger partial charge in [-0.3, -0.25) is 23.4 Å². The summed E-state index contributed by atoms with van der Waals surface area (Å²) in [7, 11) is -3.10. The summed E-state index contributed by atoms with van der Waals surface area (Å²) in [5, 5.41) is 38.5. The van der Waals surface area contributed by atoms with Crippen LogP contribution in [-0.4, -0.2) is 94.3 Å². The Morgan fingerprint density at radius 2 is 0.812 bits per heavy atom. The van der Waals surface area contributed by atoms with Gasteiger partial charge in [0.15, 0.2) is 0 Å². The number of nitrogens with zero attached hydrogens (tertiary/aromatic N) is 2. The summed E-state index contributed by atoms with van der Waals surface area (Å²) in [5.74, 6) is -0.457. The fraction of sp³-hybridized carbons (Fsp3) is 1.00. The number of hydrogen-bond acceptors (Lipinski definition) is 9. The van der Waals surface area contributed by atoms with Crippen LogP contribution in [0.15, 0.2) is 0 Å². The molecule has 0 heterocycles. The maximum Gasteiger partial charge on any atom is 0.322 e. The molecule has 0 aromatic carbocycles. The van der Waals surface area contributed by atoms with Gasteiger partial charge in [0.05, 0.1) is 26.4 Å². The van der Waals surface area contributed by atoms with Crippen molar-refractivity contribution in [2.75, 3.05) is 52.6 Å². The zero-order chi connectivity index (χ0) is 25.1. The van der Waals surface area contributed by atoms with E-state index >= 15 is 0 Å². The van der Waals surface area contributed by atoms with Crippen LogP contribution in [0.1, 0.15) is 55.4 Å². The van der Waals surface area contributed by atoms with E-state index in [9.17, 15) is 25.0 Å². The molecule has 9 nitrogen and oxygen atoms in total. The molecule has 0 unspecified atom stereocenters. The van der Waals surface area contributed by atoms with Gasteiger partial charge in [-0.25, -0.2) is 0 Å². The molecule has 0 aromatic heterocycles. The summed E-state index contributed by atoms with van der Waals surface area (Å²) in [6, 6.07) is 0. The standard InChI is InChI=1S/C22H49N2O7P/c1-17(2)21(18(3)4,23(9-13-25)10-14-26)30-32(29)31-22(19(5)6,20(7)8)24(11-15-27)12-16-28/h17-20,25-28,32H,9-16H2,1-8H3. The Labute approximate surface area is 195 Å². The van der Waals surface area contributed by atoms with E-state index in [2.05, 4.69) is 0 Å². The maximum absolute atomic E-state index is 13.6. The molecule has 4 N–H and O–H groups in total. The minimum atomic E-state index is -3.10. The summed E-state index contributed by atoms with van der Waals surface area (Å²) in [5.41, 5.74) is -2.06. The van der Waals surface area contributed by atoms with E-state index in [0.29, 0.717) is 0 Å². The highest BCUT2D eigenvalue weighted by atomic mass is 31.1. The predicted molar refractivity (Wildman–Crippen MR) is 127 cm³/mol. The van der Waals surface area contributed by atoms with Gasteiger partial charge in [0, 0.05) is 26.2 Å². The average molecular weight is 485 g/mol. The van der Waals surface area contributed by atoms with Crippen LogP contribution in [0.2, 0.25) is 0 Å². The lowest BCUT2D eigenvalue weighted by Crippen LogP contribution is -2.60. The first kappa shape index (κ1) is 31.9. The molecule has 0 atom stereocenters. The molecule has 32 heavy (non-hydrogen) atoms. The zero-order valence-corrected chi connectivity index (χ0v) is 22.4. The molecule has 0 rings (SSSR count). The van der Waals surface area contributed by atoms with Gasteiger partial charge < -0.3 is 20.4 Å². The number of aliphatic hydroxyl groups excluding tert-OH is 4. The van der Waals surface area contributed by atoms with Crippen LogP contribution in [0.5, 0.6) is 0 Å². The van der Waals surface area contributed by atoms with E-state index in [0.717, 1.165) is 0 Å². The van der Waals surface area contributed by atoms with Crippen molar-refractivity contribution in [3.05, 3.63) is 0 Å². The third-order valence-electron chi connectivity index (χ3n) is 6.27. The number of hydrogen-bond donors (Lipinski definition) is 4. The van der Waals surface area contributed by atoms with Crippen LogP contribution in [-0.2, 0) is 13.6 Å². The molecule has 0 spiro atoms. The van der Waals surface area contributed by atoms with Crippen LogP contribution in [0.4, 0.5) is 0 Å². The molecule has 0 amide bonds. The third-order valence-corrected chi connectivity index (χ3v) is 7.26. The van der Waals surface area contributed by atoms with Crippen molar-refractivity contribution in [2.24, 2.45) is 23.7 Å². The highest BCUT2D eigenvalue weighted by molar-refractivity contribution is 7.33. The maximum atomic E-state index is 13.6. The predicted octanol–water partition coefficient (Wildman–Crippen LogP) is 2.00. The van der Waals surface area contributed by atoms with Gasteiger partial charge >= 0.3 is 8.25 Å². The molecule has 194 valence electrons. The lowest BCUT2D eigenvalue weighted by molar-refractivity contribution is -0.189. The molecule has 10 heteroatoms. The molecule has 0 aliphatic carbocycles. The van der Waals surface area contributed by atoms with Gasteiger partial charge in [-0.15, -0.1) is 0 Å². The van der Waals surface area contributed by atoms with Crippen molar-refractivity contribution < 1.29 is 34.0 Å². The minimum absolute atomic E-state index is 0.114. The van der Waals surface area contributed by atoms with Crippen LogP contribution in [0.25, 0.3) is 0 Å². The highest BCUT2D eigenvalue weighted by Gasteiger charge is 2.49. The van der Waals surface area contributed by atoms with Crippen LogP contribution >= 0.6 is 8.25 Å². The zero-order valence-electron chi connectivity index (χ0n) is 21.4. The van der Waals surface area contributed by atoms with E-state index < -0.39 is 19.7 Å². The summed E-state index contributed by atoms with van der Waals surface area (Å²) < 4.78 is 26.1. The topological polar surface area (TPSA) is 123 Å². The normalized spacial score (nSPS) is 13.8. The molecule has 0 radical (unpaired) electrons. The van der Waals surface area contributed by atoms with E-state index in [-0.39, 0.29) is 76.3 Å². The Morgan fingerprint density at radius 3 is 0.969 bits per heavy atom. The lowest BCUT2D eigenvalue weighted by Gasteiger charge is -2.51. The van der Waals surface area contributed by atoms with E-state index in [4.69, 9.17) is 9.05 Å². The lowest BCUT2D eigenvalue weighted by atomic mass is 9.86. The molecular formula is C22H49N2O7P. The Balaban J connectivity index is 6.30. The molecule has 0 aliphatic rings. The second-order valence-corrected chi connectivity index (χ2v) is 10.4. The van der Waals surface area contributed by atoms with Gasteiger partial charge in [-0.1, -0.05) is 55.4 Å². The van der Waals surface area contributed by atoms with Gasteiger partial charge in [-0.05, 0) is 23.7 Å². The van der Waals surface area contributed by atoms with Crippen LogP contribution < -0.4 is 0 Å². The molecule has 0 saturated carbocycles. The molecule has 0 bridgehead atoms. The Kier molecular flexibility index (Phi) is 15.0. The van der Waals surface area contributed by atoms with E-state index in [1.165, 1.54) is 0 Å². The van der Waals surface area contributed by atoms with Crippen molar-refractivity contribution >= 4 is 8.25 Å². The average Bonchev–Trinajstić information content (AvgIpc) is 2.69. The Bertz CT molecular complexity index is 460. The SMILES string of the molecule is CC(C)C(O[PH](=O)OC(C(C)C)(C(C)C)N(CCO)CCO)(C(C)C)N(CCO)CCO. The minimum Gasteiger partial charge on any atom is -0.395 e. The Hall–Kier alpha value is -0.0900. The molecular weight excluding hydrogens is 435 g/mol. The van der Waals surface area contributed by atoms with Crippen molar-refractivity contribution in [1.29, 1.82) is 0 Å². The van der Waals surface area contributed by atoms with Crippen molar-refractivity contribution in [1.82, 2.24) is 9.80 Å². The smallest absolute Gasteiger partial charge is 0.322 e.